The number of para-hydroxylation sites is 1. The number of fused-ring (bicyclic) bond motifs is 1. The molecule has 2 aromatic rings. The van der Waals surface area contributed by atoms with Crippen molar-refractivity contribution in [3.8, 4) is 0 Å². The van der Waals surface area contributed by atoms with E-state index in [9.17, 15) is 4.79 Å². The number of H-pyrrole nitrogens is 1. The van der Waals surface area contributed by atoms with Gasteiger partial charge < -0.3 is 15.0 Å². The summed E-state index contributed by atoms with van der Waals surface area (Å²) in [5.74, 6) is -0.00518. The Bertz CT molecular complexity index is 694. The number of benzene rings is 1. The average Bonchev–Trinajstić information content (AvgIpc) is 3.12. The number of hydrogen-bond acceptors (Lipinski definition) is 3. The number of carbonyl (C=O) groups is 1. The molecule has 1 amide bonds. The van der Waals surface area contributed by atoms with Crippen molar-refractivity contribution in [2.75, 3.05) is 32.8 Å². The second-order valence-corrected chi connectivity index (χ2v) is 7.34. The zero-order valence-corrected chi connectivity index (χ0v) is 14.7. The van der Waals surface area contributed by atoms with E-state index in [0.717, 1.165) is 43.8 Å². The monoisotopic (exact) mass is 341 g/mol. The van der Waals surface area contributed by atoms with Crippen molar-refractivity contribution in [2.24, 2.45) is 0 Å². The van der Waals surface area contributed by atoms with Crippen LogP contribution < -0.4 is 5.32 Å². The van der Waals surface area contributed by atoms with Crippen LogP contribution in [0.5, 0.6) is 0 Å². The van der Waals surface area contributed by atoms with Crippen LogP contribution in [-0.2, 0) is 4.74 Å². The van der Waals surface area contributed by atoms with E-state index in [1.165, 1.54) is 32.1 Å². The van der Waals surface area contributed by atoms with Gasteiger partial charge in [-0.1, -0.05) is 37.5 Å². The van der Waals surface area contributed by atoms with E-state index >= 15 is 0 Å². The summed E-state index contributed by atoms with van der Waals surface area (Å²) in [5, 5.41) is 4.29. The van der Waals surface area contributed by atoms with Crippen molar-refractivity contribution in [2.45, 2.75) is 37.6 Å². The van der Waals surface area contributed by atoms with Gasteiger partial charge in [0.2, 0.25) is 0 Å². The fourth-order valence-electron chi connectivity index (χ4n) is 4.39. The standard InChI is InChI=1S/C20H27N3O2/c24-19(18-14-16-6-2-3-7-17(16)22-18)21-15-20(8-4-1-5-9-20)23-10-12-25-13-11-23/h2-3,6-7,14,22H,1,4-5,8-13,15H2,(H,21,24). The summed E-state index contributed by atoms with van der Waals surface area (Å²) < 4.78 is 5.53. The summed E-state index contributed by atoms with van der Waals surface area (Å²) in [6.07, 6.45) is 6.14. The highest BCUT2D eigenvalue weighted by molar-refractivity contribution is 5.98. The van der Waals surface area contributed by atoms with Crippen LogP contribution in [0.25, 0.3) is 10.9 Å². The Morgan fingerprint density at radius 1 is 1.16 bits per heavy atom. The molecule has 1 saturated heterocycles. The van der Waals surface area contributed by atoms with Crippen LogP contribution in [0.4, 0.5) is 0 Å². The highest BCUT2D eigenvalue weighted by Crippen LogP contribution is 2.34. The summed E-state index contributed by atoms with van der Waals surface area (Å²) >= 11 is 0. The van der Waals surface area contributed by atoms with E-state index in [1.54, 1.807) is 0 Å². The summed E-state index contributed by atoms with van der Waals surface area (Å²) in [6, 6.07) is 9.94. The number of nitrogens with one attached hydrogen (secondary N) is 2. The fourth-order valence-corrected chi connectivity index (χ4v) is 4.39. The zero-order valence-electron chi connectivity index (χ0n) is 14.7. The lowest BCUT2D eigenvalue weighted by molar-refractivity contribution is -0.0361. The van der Waals surface area contributed by atoms with Gasteiger partial charge >= 0.3 is 0 Å². The number of hydrogen-bond donors (Lipinski definition) is 2. The number of ether oxygens (including phenoxy) is 1. The summed E-state index contributed by atoms with van der Waals surface area (Å²) in [4.78, 5) is 18.5. The number of carbonyl (C=O) groups excluding carboxylic acids is 1. The van der Waals surface area contributed by atoms with Gasteiger partial charge in [-0.2, -0.15) is 0 Å². The van der Waals surface area contributed by atoms with Gasteiger partial charge in [-0.25, -0.2) is 0 Å². The van der Waals surface area contributed by atoms with E-state index < -0.39 is 0 Å². The number of rotatable bonds is 4. The zero-order chi connectivity index (χ0) is 17.1. The molecule has 0 spiro atoms. The molecular weight excluding hydrogens is 314 g/mol. The summed E-state index contributed by atoms with van der Waals surface area (Å²) in [6.45, 7) is 4.28. The number of amides is 1. The van der Waals surface area contributed by atoms with Crippen molar-refractivity contribution in [1.29, 1.82) is 0 Å². The third kappa shape index (κ3) is 3.44. The minimum atomic E-state index is -0.00518. The molecule has 134 valence electrons. The first kappa shape index (κ1) is 16.6. The SMILES string of the molecule is O=C(NCC1(N2CCOCC2)CCCCC1)c1cc2ccccc2[nH]1. The molecule has 0 bridgehead atoms. The first-order valence-corrected chi connectivity index (χ1v) is 9.46. The molecule has 2 fully saturated rings. The summed E-state index contributed by atoms with van der Waals surface area (Å²) in [5.41, 5.74) is 1.76. The maximum absolute atomic E-state index is 12.7. The molecule has 1 aliphatic carbocycles. The van der Waals surface area contributed by atoms with E-state index in [1.807, 2.05) is 30.3 Å². The molecule has 1 aliphatic heterocycles. The van der Waals surface area contributed by atoms with E-state index in [4.69, 9.17) is 4.74 Å². The maximum atomic E-state index is 12.7. The average molecular weight is 341 g/mol. The number of nitrogens with zero attached hydrogens (tertiary/aromatic N) is 1. The topological polar surface area (TPSA) is 57.4 Å². The number of aromatic nitrogens is 1. The lowest BCUT2D eigenvalue weighted by Crippen LogP contribution is -2.59. The number of morpholine rings is 1. The first-order valence-electron chi connectivity index (χ1n) is 9.46. The molecule has 0 atom stereocenters. The first-order chi connectivity index (χ1) is 12.3. The molecule has 5 heteroatoms. The predicted molar refractivity (Wildman–Crippen MR) is 98.8 cm³/mol. The molecule has 0 unspecified atom stereocenters. The quantitative estimate of drug-likeness (QED) is 0.899. The largest absolute Gasteiger partial charge is 0.379 e. The van der Waals surface area contributed by atoms with Crippen LogP contribution in [0.3, 0.4) is 0 Å². The van der Waals surface area contributed by atoms with Gasteiger partial charge in [0.25, 0.3) is 5.91 Å². The lowest BCUT2D eigenvalue weighted by Gasteiger charge is -2.48. The predicted octanol–water partition coefficient (Wildman–Crippen LogP) is 2.93. The van der Waals surface area contributed by atoms with Crippen molar-refractivity contribution in [1.82, 2.24) is 15.2 Å². The molecule has 2 heterocycles. The van der Waals surface area contributed by atoms with Gasteiger partial charge in [0.05, 0.1) is 13.2 Å². The highest BCUT2D eigenvalue weighted by atomic mass is 16.5. The van der Waals surface area contributed by atoms with Gasteiger partial charge in [-0.05, 0) is 25.0 Å². The van der Waals surface area contributed by atoms with Gasteiger partial charge in [-0.15, -0.1) is 0 Å². The molecule has 2 aliphatic rings. The van der Waals surface area contributed by atoms with Crippen LogP contribution in [0, 0.1) is 0 Å². The van der Waals surface area contributed by atoms with Crippen LogP contribution in [0.15, 0.2) is 30.3 Å². The normalized spacial score (nSPS) is 21.3. The van der Waals surface area contributed by atoms with Gasteiger partial charge in [0, 0.05) is 36.1 Å². The molecule has 25 heavy (non-hydrogen) atoms. The Morgan fingerprint density at radius 3 is 2.68 bits per heavy atom. The minimum Gasteiger partial charge on any atom is -0.379 e. The molecular formula is C20H27N3O2. The molecule has 0 radical (unpaired) electrons. The van der Waals surface area contributed by atoms with Gasteiger partial charge in [0.1, 0.15) is 5.69 Å². The smallest absolute Gasteiger partial charge is 0.267 e. The van der Waals surface area contributed by atoms with E-state index in [0.29, 0.717) is 5.69 Å². The molecule has 1 aromatic carbocycles. The van der Waals surface area contributed by atoms with E-state index in [2.05, 4.69) is 15.2 Å². The Kier molecular flexibility index (Phi) is 4.77. The van der Waals surface area contributed by atoms with Crippen LogP contribution in [0.2, 0.25) is 0 Å². The second-order valence-electron chi connectivity index (χ2n) is 7.34. The molecule has 4 rings (SSSR count). The van der Waals surface area contributed by atoms with Crippen molar-refractivity contribution in [3.63, 3.8) is 0 Å². The van der Waals surface area contributed by atoms with Crippen LogP contribution in [0.1, 0.15) is 42.6 Å². The molecule has 5 nitrogen and oxygen atoms in total. The fraction of sp³-hybridized carbons (Fsp3) is 0.550. The molecule has 1 aromatic heterocycles. The number of aromatic amines is 1. The Labute approximate surface area is 148 Å². The van der Waals surface area contributed by atoms with Gasteiger partial charge in [-0.3, -0.25) is 9.69 Å². The Hall–Kier alpha value is -1.85. The Balaban J connectivity index is 1.47. The maximum Gasteiger partial charge on any atom is 0.267 e. The third-order valence-corrected chi connectivity index (χ3v) is 5.82. The molecule has 1 saturated carbocycles. The molecule has 2 N–H and O–H groups in total. The Morgan fingerprint density at radius 2 is 1.92 bits per heavy atom. The second kappa shape index (κ2) is 7.18. The van der Waals surface area contributed by atoms with Crippen LogP contribution >= 0.6 is 0 Å². The summed E-state index contributed by atoms with van der Waals surface area (Å²) in [7, 11) is 0. The highest BCUT2D eigenvalue weighted by Gasteiger charge is 2.38. The van der Waals surface area contributed by atoms with Crippen LogP contribution in [-0.4, -0.2) is 54.2 Å². The van der Waals surface area contributed by atoms with Gasteiger partial charge in [0.15, 0.2) is 0 Å². The van der Waals surface area contributed by atoms with Crippen molar-refractivity contribution in [3.05, 3.63) is 36.0 Å². The minimum absolute atomic E-state index is 0.00518. The van der Waals surface area contributed by atoms with Crippen molar-refractivity contribution < 1.29 is 9.53 Å². The third-order valence-electron chi connectivity index (χ3n) is 5.82. The van der Waals surface area contributed by atoms with Crippen molar-refractivity contribution >= 4 is 16.8 Å². The van der Waals surface area contributed by atoms with E-state index in [-0.39, 0.29) is 11.4 Å². The lowest BCUT2D eigenvalue weighted by atomic mass is 9.79.